The van der Waals surface area contributed by atoms with Crippen molar-refractivity contribution in [3.8, 4) is 17.2 Å². The molecule has 0 spiro atoms. The SMILES string of the molecule is COc1cc(C(=O)NCC(=O)c2cc3c(c(C4=CC(Cl)=C(F)CC4)n2)OCC3(C)C)ccc1OCCO. The predicted octanol–water partition coefficient (Wildman–Crippen LogP) is 4.34. The number of pyridine rings is 1. The monoisotopic (exact) mass is 530 g/mol. The van der Waals surface area contributed by atoms with Gasteiger partial charge in [-0.25, -0.2) is 9.37 Å². The lowest BCUT2D eigenvalue weighted by Gasteiger charge is -2.18. The number of ether oxygens (including phenoxy) is 3. The summed E-state index contributed by atoms with van der Waals surface area (Å²) < 4.78 is 30.4. The molecule has 0 unspecified atom stereocenters. The van der Waals surface area contributed by atoms with Crippen molar-refractivity contribution in [2.75, 3.05) is 33.5 Å². The Hall–Kier alpha value is -3.43. The van der Waals surface area contributed by atoms with Crippen molar-refractivity contribution in [1.82, 2.24) is 10.3 Å². The summed E-state index contributed by atoms with van der Waals surface area (Å²) in [7, 11) is 1.44. The van der Waals surface area contributed by atoms with Gasteiger partial charge in [0.05, 0.1) is 31.9 Å². The van der Waals surface area contributed by atoms with E-state index in [4.69, 9.17) is 30.9 Å². The van der Waals surface area contributed by atoms with Gasteiger partial charge in [-0.15, -0.1) is 0 Å². The van der Waals surface area contributed by atoms with Gasteiger partial charge in [0.2, 0.25) is 0 Å². The zero-order valence-corrected chi connectivity index (χ0v) is 21.6. The second-order valence-electron chi connectivity index (χ2n) is 9.37. The number of methoxy groups -OCH3 is 1. The highest BCUT2D eigenvalue weighted by atomic mass is 35.5. The van der Waals surface area contributed by atoms with Crippen LogP contribution in [0, 0.1) is 0 Å². The molecule has 1 aromatic carbocycles. The lowest BCUT2D eigenvalue weighted by Crippen LogP contribution is -2.30. The number of carbonyl (C=O) groups excluding carboxylic acids is 2. The van der Waals surface area contributed by atoms with Crippen molar-refractivity contribution in [2.45, 2.75) is 32.1 Å². The van der Waals surface area contributed by atoms with Gasteiger partial charge in [-0.2, -0.15) is 0 Å². The van der Waals surface area contributed by atoms with Gasteiger partial charge in [-0.3, -0.25) is 9.59 Å². The molecule has 1 amide bonds. The normalized spacial score (nSPS) is 16.0. The van der Waals surface area contributed by atoms with E-state index < -0.39 is 5.91 Å². The number of rotatable bonds is 9. The summed E-state index contributed by atoms with van der Waals surface area (Å²) in [6.45, 7) is 4.06. The van der Waals surface area contributed by atoms with Gasteiger partial charge in [0, 0.05) is 23.0 Å². The minimum atomic E-state index is -0.479. The van der Waals surface area contributed by atoms with Gasteiger partial charge in [-0.05, 0) is 42.3 Å². The van der Waals surface area contributed by atoms with E-state index in [0.29, 0.717) is 41.5 Å². The number of benzene rings is 1. The van der Waals surface area contributed by atoms with Crippen LogP contribution >= 0.6 is 11.6 Å². The van der Waals surface area contributed by atoms with Crippen LogP contribution in [0.1, 0.15) is 58.8 Å². The molecule has 0 atom stereocenters. The van der Waals surface area contributed by atoms with Gasteiger partial charge in [0.1, 0.15) is 29.6 Å². The van der Waals surface area contributed by atoms with E-state index in [1.54, 1.807) is 12.1 Å². The number of aliphatic hydroxyl groups excluding tert-OH is 1. The Bertz CT molecular complexity index is 1300. The van der Waals surface area contributed by atoms with Crippen LogP contribution in [0.25, 0.3) is 5.57 Å². The van der Waals surface area contributed by atoms with E-state index in [2.05, 4.69) is 10.3 Å². The first-order chi connectivity index (χ1) is 17.6. The fourth-order valence-electron chi connectivity index (χ4n) is 4.16. The van der Waals surface area contributed by atoms with Crippen molar-refractivity contribution >= 4 is 28.9 Å². The molecule has 2 aromatic rings. The first kappa shape index (κ1) is 26.6. The number of aromatic nitrogens is 1. The molecule has 10 heteroatoms. The van der Waals surface area contributed by atoms with E-state index >= 15 is 0 Å². The van der Waals surface area contributed by atoms with Crippen LogP contribution in [0.3, 0.4) is 0 Å². The summed E-state index contributed by atoms with van der Waals surface area (Å²) in [6.07, 6.45) is 2.04. The third-order valence-electron chi connectivity index (χ3n) is 6.23. The predicted molar refractivity (Wildman–Crippen MR) is 136 cm³/mol. The van der Waals surface area contributed by atoms with Crippen molar-refractivity contribution in [2.24, 2.45) is 0 Å². The summed E-state index contributed by atoms with van der Waals surface area (Å²) in [5.74, 6) is 0.0225. The third kappa shape index (κ3) is 5.62. The lowest BCUT2D eigenvalue weighted by molar-refractivity contribution is 0.0902. The summed E-state index contributed by atoms with van der Waals surface area (Å²) in [5, 5.41) is 11.6. The molecule has 1 aromatic heterocycles. The number of hydrogen-bond acceptors (Lipinski definition) is 7. The average molecular weight is 531 g/mol. The Morgan fingerprint density at radius 2 is 2.03 bits per heavy atom. The Morgan fingerprint density at radius 1 is 1.24 bits per heavy atom. The van der Waals surface area contributed by atoms with Crippen LogP contribution in [-0.2, 0) is 5.41 Å². The highest BCUT2D eigenvalue weighted by Crippen LogP contribution is 2.45. The molecule has 0 radical (unpaired) electrons. The second kappa shape index (κ2) is 10.9. The summed E-state index contributed by atoms with van der Waals surface area (Å²) in [5.41, 5.74) is 2.06. The van der Waals surface area contributed by atoms with Crippen LogP contribution in [-0.4, -0.2) is 55.3 Å². The number of allylic oxidation sites excluding steroid dienone is 4. The largest absolute Gasteiger partial charge is 0.493 e. The van der Waals surface area contributed by atoms with Gasteiger partial charge >= 0.3 is 0 Å². The summed E-state index contributed by atoms with van der Waals surface area (Å²) >= 11 is 6.04. The molecule has 4 rings (SSSR count). The van der Waals surface area contributed by atoms with Gasteiger partial charge in [0.15, 0.2) is 17.3 Å². The number of carbonyl (C=O) groups is 2. The molecule has 37 heavy (non-hydrogen) atoms. The quantitative estimate of drug-likeness (QED) is 0.464. The maximum Gasteiger partial charge on any atom is 0.251 e. The Kier molecular flexibility index (Phi) is 7.85. The summed E-state index contributed by atoms with van der Waals surface area (Å²) in [6, 6.07) is 6.27. The van der Waals surface area contributed by atoms with Gasteiger partial charge in [0.25, 0.3) is 5.91 Å². The zero-order valence-electron chi connectivity index (χ0n) is 20.8. The fraction of sp³-hybridized carbons (Fsp3) is 0.370. The summed E-state index contributed by atoms with van der Waals surface area (Å²) in [4.78, 5) is 30.4. The van der Waals surface area contributed by atoms with Crippen molar-refractivity contribution in [3.63, 3.8) is 0 Å². The number of amides is 1. The van der Waals surface area contributed by atoms with E-state index in [1.165, 1.54) is 25.3 Å². The lowest BCUT2D eigenvalue weighted by atomic mass is 9.85. The van der Waals surface area contributed by atoms with Crippen molar-refractivity contribution in [3.05, 3.63) is 63.7 Å². The highest BCUT2D eigenvalue weighted by Gasteiger charge is 2.36. The third-order valence-corrected chi connectivity index (χ3v) is 6.54. The molecule has 2 heterocycles. The molecular formula is C27H28ClFN2O6. The molecule has 2 aliphatic rings. The number of hydrogen-bond donors (Lipinski definition) is 2. The standard InChI is InChI=1S/C27H28ClFN2O6/c1-27(2)14-37-25-17(27)12-20(31-24(25)15-4-6-19(29)18(28)10-15)21(33)13-30-26(34)16-5-7-22(36-9-8-32)23(11-16)35-3/h5,7,10-12,32H,4,6,8-9,13-14H2,1-3H3,(H,30,34). The smallest absolute Gasteiger partial charge is 0.251 e. The highest BCUT2D eigenvalue weighted by molar-refractivity contribution is 6.32. The Labute approximate surface area is 219 Å². The first-order valence-electron chi connectivity index (χ1n) is 11.8. The maximum absolute atomic E-state index is 13.8. The number of fused-ring (bicyclic) bond motifs is 1. The van der Waals surface area contributed by atoms with E-state index in [9.17, 15) is 14.0 Å². The van der Waals surface area contributed by atoms with Crippen LogP contribution < -0.4 is 19.5 Å². The topological polar surface area (TPSA) is 107 Å². The molecule has 1 aliphatic carbocycles. The molecule has 0 saturated heterocycles. The Balaban J connectivity index is 1.56. The van der Waals surface area contributed by atoms with E-state index in [-0.39, 0.29) is 59.5 Å². The number of nitrogens with one attached hydrogen (secondary N) is 1. The van der Waals surface area contributed by atoms with Gasteiger partial charge < -0.3 is 24.6 Å². The number of Topliss-reactive ketones (excluding diaryl/α,β-unsaturated/α-hetero) is 1. The zero-order chi connectivity index (χ0) is 26.7. The molecule has 8 nitrogen and oxygen atoms in total. The van der Waals surface area contributed by atoms with E-state index in [0.717, 1.165) is 5.56 Å². The maximum atomic E-state index is 13.8. The van der Waals surface area contributed by atoms with Crippen molar-refractivity contribution < 1.29 is 33.3 Å². The number of aliphatic hydroxyl groups is 1. The number of ketones is 1. The fourth-order valence-corrected chi connectivity index (χ4v) is 4.39. The van der Waals surface area contributed by atoms with Crippen LogP contribution in [0.2, 0.25) is 0 Å². The molecular weight excluding hydrogens is 503 g/mol. The van der Waals surface area contributed by atoms with Crippen molar-refractivity contribution in [1.29, 1.82) is 0 Å². The molecule has 196 valence electrons. The van der Waals surface area contributed by atoms with E-state index in [1.807, 2.05) is 13.8 Å². The number of halogens is 2. The molecule has 2 N–H and O–H groups in total. The van der Waals surface area contributed by atoms with Crippen LogP contribution in [0.5, 0.6) is 17.2 Å². The molecule has 0 fully saturated rings. The minimum absolute atomic E-state index is 0.0151. The molecule has 1 aliphatic heterocycles. The van der Waals surface area contributed by atoms with Gasteiger partial charge in [-0.1, -0.05) is 25.4 Å². The van der Waals surface area contributed by atoms with Crippen LogP contribution in [0.4, 0.5) is 4.39 Å². The van der Waals surface area contributed by atoms with Crippen LogP contribution in [0.15, 0.2) is 41.2 Å². The molecule has 0 bridgehead atoms. The molecule has 0 saturated carbocycles. The Morgan fingerprint density at radius 3 is 2.73 bits per heavy atom. The second-order valence-corrected chi connectivity index (χ2v) is 9.78. The minimum Gasteiger partial charge on any atom is -0.493 e. The number of nitrogens with zero attached hydrogens (tertiary/aromatic N) is 1. The first-order valence-corrected chi connectivity index (χ1v) is 12.2. The average Bonchev–Trinajstić information content (AvgIpc) is 3.21.